The Labute approximate surface area is 205 Å². The van der Waals surface area contributed by atoms with E-state index >= 15 is 0 Å². The summed E-state index contributed by atoms with van der Waals surface area (Å²) >= 11 is 2.85. The Kier molecular flexibility index (Phi) is 7.99. The maximum absolute atomic E-state index is 12.7. The van der Waals surface area contributed by atoms with E-state index in [0.29, 0.717) is 35.9 Å². The topological polar surface area (TPSA) is 106 Å². The number of morpholine rings is 1. The van der Waals surface area contributed by atoms with Crippen LogP contribution in [0.15, 0.2) is 52.9 Å². The van der Waals surface area contributed by atoms with Gasteiger partial charge in [0.15, 0.2) is 4.34 Å². The number of nitrogens with zero attached hydrogens (tertiary/aromatic N) is 3. The number of rotatable bonds is 8. The van der Waals surface area contributed by atoms with Crippen molar-refractivity contribution in [2.24, 2.45) is 0 Å². The van der Waals surface area contributed by atoms with E-state index in [2.05, 4.69) is 25.7 Å². The average molecular weight is 500 g/mol. The molecule has 1 aliphatic heterocycles. The number of methoxy groups -OCH3 is 1. The van der Waals surface area contributed by atoms with Crippen molar-refractivity contribution in [3.8, 4) is 5.75 Å². The lowest BCUT2D eigenvalue weighted by Crippen LogP contribution is -2.36. The van der Waals surface area contributed by atoms with E-state index in [1.165, 1.54) is 23.1 Å². The van der Waals surface area contributed by atoms with E-state index in [9.17, 15) is 9.59 Å². The maximum Gasteiger partial charge on any atom is 0.255 e. The van der Waals surface area contributed by atoms with Crippen LogP contribution in [0.1, 0.15) is 17.3 Å². The molecule has 178 valence electrons. The van der Waals surface area contributed by atoms with Crippen molar-refractivity contribution in [3.05, 3.63) is 54.1 Å². The van der Waals surface area contributed by atoms with Gasteiger partial charge in [-0.3, -0.25) is 9.59 Å². The molecular weight excluding hydrogens is 474 g/mol. The van der Waals surface area contributed by atoms with Crippen molar-refractivity contribution in [2.75, 3.05) is 48.9 Å². The fourth-order valence-electron chi connectivity index (χ4n) is 3.23. The van der Waals surface area contributed by atoms with Crippen LogP contribution < -0.4 is 20.3 Å². The summed E-state index contributed by atoms with van der Waals surface area (Å²) in [6.45, 7) is 4.78. The molecule has 0 aliphatic carbocycles. The summed E-state index contributed by atoms with van der Waals surface area (Å²) in [4.78, 5) is 27.4. The molecule has 1 unspecified atom stereocenters. The van der Waals surface area contributed by atoms with E-state index < -0.39 is 0 Å². The lowest BCUT2D eigenvalue weighted by atomic mass is 10.2. The molecule has 0 radical (unpaired) electrons. The number of aromatic nitrogens is 2. The molecule has 1 aromatic heterocycles. The Balaban J connectivity index is 1.30. The molecule has 1 atom stereocenters. The molecule has 2 amide bonds. The number of thioether (sulfide) groups is 1. The quantitative estimate of drug-likeness (QED) is 0.452. The van der Waals surface area contributed by atoms with Gasteiger partial charge in [0.05, 0.1) is 31.3 Å². The summed E-state index contributed by atoms with van der Waals surface area (Å²) in [6, 6.07) is 13.9. The Bertz CT molecular complexity index is 1130. The molecule has 1 aliphatic rings. The monoisotopic (exact) mass is 499 g/mol. The number of carbonyl (C=O) groups excluding carboxylic acids is 2. The lowest BCUT2D eigenvalue weighted by Gasteiger charge is -2.25. The maximum atomic E-state index is 12.7. The summed E-state index contributed by atoms with van der Waals surface area (Å²) in [5, 5.41) is 14.7. The molecule has 0 bridgehead atoms. The van der Waals surface area contributed by atoms with Gasteiger partial charge in [0, 0.05) is 24.3 Å². The molecule has 2 aromatic carbocycles. The van der Waals surface area contributed by atoms with Gasteiger partial charge in [0.2, 0.25) is 11.0 Å². The molecule has 11 heteroatoms. The van der Waals surface area contributed by atoms with E-state index in [0.717, 1.165) is 22.6 Å². The smallest absolute Gasteiger partial charge is 0.255 e. The van der Waals surface area contributed by atoms with E-state index in [4.69, 9.17) is 9.47 Å². The van der Waals surface area contributed by atoms with Crippen LogP contribution in [0.5, 0.6) is 5.75 Å². The number of carbonyl (C=O) groups is 2. The largest absolute Gasteiger partial charge is 0.495 e. The molecule has 34 heavy (non-hydrogen) atoms. The number of para-hydroxylation sites is 2. The van der Waals surface area contributed by atoms with Gasteiger partial charge in [-0.05, 0) is 43.3 Å². The first kappa shape index (κ1) is 24.0. The summed E-state index contributed by atoms with van der Waals surface area (Å²) in [7, 11) is 1.55. The predicted molar refractivity (Wildman–Crippen MR) is 134 cm³/mol. The standard InChI is InChI=1S/C23H25N5O4S2/c1-15(33-23-27-26-22(34-23)28-11-13-32-14-12-28)20(29)24-17-9-7-16(8-10-17)21(30)25-18-5-3-4-6-19(18)31-2/h3-10,15H,11-14H2,1-2H3,(H,24,29)(H,25,30). The van der Waals surface area contributed by atoms with Crippen LogP contribution in [-0.4, -0.2) is 60.7 Å². The Hall–Kier alpha value is -3.15. The average Bonchev–Trinajstić information content (AvgIpc) is 3.33. The van der Waals surface area contributed by atoms with Crippen LogP contribution in [-0.2, 0) is 9.53 Å². The molecule has 3 aromatic rings. The number of ether oxygens (including phenoxy) is 2. The van der Waals surface area contributed by atoms with Crippen LogP contribution in [0.4, 0.5) is 16.5 Å². The zero-order valence-electron chi connectivity index (χ0n) is 18.8. The second-order valence-electron chi connectivity index (χ2n) is 7.43. The number of anilines is 3. The number of benzene rings is 2. The SMILES string of the molecule is COc1ccccc1NC(=O)c1ccc(NC(=O)C(C)Sc2nnc(N3CCOCC3)s2)cc1. The van der Waals surface area contributed by atoms with Crippen LogP contribution in [0.2, 0.25) is 0 Å². The molecule has 0 saturated carbocycles. The highest BCUT2D eigenvalue weighted by atomic mass is 32.2. The van der Waals surface area contributed by atoms with E-state index in [-0.39, 0.29) is 17.1 Å². The molecule has 9 nitrogen and oxygen atoms in total. The van der Waals surface area contributed by atoms with Crippen LogP contribution in [0.25, 0.3) is 0 Å². The predicted octanol–water partition coefficient (Wildman–Crippen LogP) is 3.75. The zero-order chi connectivity index (χ0) is 23.9. The molecule has 2 heterocycles. The summed E-state index contributed by atoms with van der Waals surface area (Å²) < 4.78 is 11.4. The van der Waals surface area contributed by atoms with Gasteiger partial charge < -0.3 is 25.0 Å². The van der Waals surface area contributed by atoms with E-state index in [1.54, 1.807) is 43.5 Å². The fourth-order valence-corrected chi connectivity index (χ4v) is 5.27. The number of hydrogen-bond donors (Lipinski definition) is 2. The van der Waals surface area contributed by atoms with Crippen LogP contribution in [0, 0.1) is 0 Å². The normalized spacial score (nSPS) is 14.4. The van der Waals surface area contributed by atoms with Gasteiger partial charge in [-0.2, -0.15) is 0 Å². The lowest BCUT2D eigenvalue weighted by molar-refractivity contribution is -0.115. The Morgan fingerprint density at radius 3 is 2.56 bits per heavy atom. The van der Waals surface area contributed by atoms with Gasteiger partial charge >= 0.3 is 0 Å². The minimum absolute atomic E-state index is 0.153. The molecule has 2 N–H and O–H groups in total. The van der Waals surface area contributed by atoms with Crippen LogP contribution >= 0.6 is 23.1 Å². The third kappa shape index (κ3) is 6.04. The second kappa shape index (κ2) is 11.3. The minimum atomic E-state index is -0.362. The van der Waals surface area contributed by atoms with Gasteiger partial charge in [-0.25, -0.2) is 0 Å². The highest BCUT2D eigenvalue weighted by Crippen LogP contribution is 2.31. The van der Waals surface area contributed by atoms with Crippen molar-refractivity contribution >= 4 is 51.4 Å². The molecule has 0 spiro atoms. The zero-order valence-corrected chi connectivity index (χ0v) is 20.4. The molecule has 1 fully saturated rings. The Morgan fingerprint density at radius 2 is 1.82 bits per heavy atom. The number of amides is 2. The Morgan fingerprint density at radius 1 is 1.09 bits per heavy atom. The van der Waals surface area contributed by atoms with Crippen molar-refractivity contribution in [3.63, 3.8) is 0 Å². The van der Waals surface area contributed by atoms with Gasteiger partial charge in [-0.15, -0.1) is 10.2 Å². The van der Waals surface area contributed by atoms with Crippen molar-refractivity contribution in [1.82, 2.24) is 10.2 Å². The van der Waals surface area contributed by atoms with Crippen molar-refractivity contribution in [2.45, 2.75) is 16.5 Å². The number of nitrogens with one attached hydrogen (secondary N) is 2. The molecular formula is C23H25N5O4S2. The van der Waals surface area contributed by atoms with Gasteiger partial charge in [-0.1, -0.05) is 35.2 Å². The molecule has 4 rings (SSSR count). The highest BCUT2D eigenvalue weighted by molar-refractivity contribution is 8.02. The number of hydrogen-bond acceptors (Lipinski definition) is 9. The first-order valence-electron chi connectivity index (χ1n) is 10.7. The summed E-state index contributed by atoms with van der Waals surface area (Å²) in [5.41, 5.74) is 1.67. The first-order valence-corrected chi connectivity index (χ1v) is 12.4. The fraction of sp³-hybridized carbons (Fsp3) is 0.304. The van der Waals surface area contributed by atoms with Crippen molar-refractivity contribution in [1.29, 1.82) is 0 Å². The van der Waals surface area contributed by atoms with Crippen molar-refractivity contribution < 1.29 is 19.1 Å². The third-order valence-electron chi connectivity index (χ3n) is 5.09. The highest BCUT2D eigenvalue weighted by Gasteiger charge is 2.20. The first-order chi connectivity index (χ1) is 16.5. The van der Waals surface area contributed by atoms with Gasteiger partial charge in [0.1, 0.15) is 5.75 Å². The van der Waals surface area contributed by atoms with Crippen LogP contribution in [0.3, 0.4) is 0 Å². The third-order valence-corrected chi connectivity index (χ3v) is 7.26. The van der Waals surface area contributed by atoms with E-state index in [1.807, 2.05) is 19.1 Å². The van der Waals surface area contributed by atoms with Gasteiger partial charge in [0.25, 0.3) is 5.91 Å². The summed E-state index contributed by atoms with van der Waals surface area (Å²) in [6.07, 6.45) is 0. The second-order valence-corrected chi connectivity index (χ2v) is 9.97. The molecule has 1 saturated heterocycles. The summed E-state index contributed by atoms with van der Waals surface area (Å²) in [5.74, 6) is 0.164. The minimum Gasteiger partial charge on any atom is -0.495 e.